The Labute approximate surface area is 127 Å². The van der Waals surface area contributed by atoms with Gasteiger partial charge in [0.05, 0.1) is 11.0 Å². The number of nitrogens with one attached hydrogen (secondary N) is 2. The first-order valence-electron chi connectivity index (χ1n) is 6.44. The lowest BCUT2D eigenvalue weighted by molar-refractivity contribution is -0.385. The minimum atomic E-state index is -0.749. The van der Waals surface area contributed by atoms with Gasteiger partial charge >= 0.3 is 0 Å². The molecule has 2 rings (SSSR count). The van der Waals surface area contributed by atoms with Crippen LogP contribution in [-0.4, -0.2) is 30.0 Å². The smallest absolute Gasteiger partial charge is 0.285 e. The fourth-order valence-corrected chi connectivity index (χ4v) is 2.28. The van der Waals surface area contributed by atoms with E-state index < -0.39 is 22.3 Å². The number of nitro groups is 1. The first-order valence-corrected chi connectivity index (χ1v) is 6.44. The average molecular weight is 318 g/mol. The molecule has 0 saturated carbocycles. The molecule has 0 aliphatic carbocycles. The van der Waals surface area contributed by atoms with E-state index in [1.807, 2.05) is 6.92 Å². The van der Waals surface area contributed by atoms with Crippen molar-refractivity contribution in [3.63, 3.8) is 0 Å². The molecule has 1 aromatic carbocycles. The van der Waals surface area contributed by atoms with Crippen molar-refractivity contribution in [1.29, 1.82) is 0 Å². The predicted octanol–water partition coefficient (Wildman–Crippen LogP) is 1.88. The van der Waals surface area contributed by atoms with E-state index in [1.54, 1.807) is 0 Å². The van der Waals surface area contributed by atoms with Crippen molar-refractivity contribution in [1.82, 2.24) is 10.6 Å². The number of carbonyl (C=O) groups is 1. The van der Waals surface area contributed by atoms with Gasteiger partial charge in [-0.25, -0.2) is 4.39 Å². The van der Waals surface area contributed by atoms with Gasteiger partial charge < -0.3 is 10.6 Å². The predicted molar refractivity (Wildman–Crippen MR) is 78.2 cm³/mol. The van der Waals surface area contributed by atoms with Crippen molar-refractivity contribution >= 4 is 24.0 Å². The maximum atomic E-state index is 13.0. The van der Waals surface area contributed by atoms with Crippen molar-refractivity contribution in [2.24, 2.45) is 5.92 Å². The van der Waals surface area contributed by atoms with Gasteiger partial charge in [-0.2, -0.15) is 0 Å². The van der Waals surface area contributed by atoms with Crippen LogP contribution in [0, 0.1) is 21.8 Å². The molecule has 1 aliphatic rings. The molecule has 2 unspecified atom stereocenters. The number of nitrogens with zero attached hydrogens (tertiary/aromatic N) is 1. The highest BCUT2D eigenvalue weighted by Crippen LogP contribution is 2.20. The SMILES string of the molecule is CC1CCNCC1NC(=O)c1ccc(F)cc1[N+](=O)[O-].Cl. The first kappa shape index (κ1) is 17.3. The Kier molecular flexibility index (Phi) is 6.04. The molecule has 1 aromatic rings. The maximum absolute atomic E-state index is 13.0. The topological polar surface area (TPSA) is 84.3 Å². The Hall–Kier alpha value is -1.73. The molecular weight excluding hydrogens is 301 g/mol. The molecule has 116 valence electrons. The van der Waals surface area contributed by atoms with E-state index in [0.29, 0.717) is 12.5 Å². The lowest BCUT2D eigenvalue weighted by atomic mass is 9.94. The van der Waals surface area contributed by atoms with Crippen molar-refractivity contribution in [2.45, 2.75) is 19.4 Å². The molecule has 2 atom stereocenters. The molecule has 0 aromatic heterocycles. The van der Waals surface area contributed by atoms with E-state index in [4.69, 9.17) is 0 Å². The van der Waals surface area contributed by atoms with Gasteiger partial charge in [0.2, 0.25) is 0 Å². The Bertz CT molecular complexity index is 541. The largest absolute Gasteiger partial charge is 0.348 e. The minimum absolute atomic E-state index is 0. The van der Waals surface area contributed by atoms with Gasteiger partial charge in [0.15, 0.2) is 0 Å². The number of hydrogen-bond acceptors (Lipinski definition) is 4. The fourth-order valence-electron chi connectivity index (χ4n) is 2.28. The van der Waals surface area contributed by atoms with E-state index in [9.17, 15) is 19.3 Å². The highest BCUT2D eigenvalue weighted by Gasteiger charge is 2.26. The van der Waals surface area contributed by atoms with Crippen LogP contribution in [0.1, 0.15) is 23.7 Å². The summed E-state index contributed by atoms with van der Waals surface area (Å²) in [4.78, 5) is 22.3. The molecule has 6 nitrogen and oxygen atoms in total. The average Bonchev–Trinajstić information content (AvgIpc) is 2.41. The monoisotopic (exact) mass is 317 g/mol. The second-order valence-corrected chi connectivity index (χ2v) is 4.97. The van der Waals surface area contributed by atoms with Crippen LogP contribution in [0.2, 0.25) is 0 Å². The molecule has 2 N–H and O–H groups in total. The summed E-state index contributed by atoms with van der Waals surface area (Å²) in [6.45, 7) is 3.54. The van der Waals surface area contributed by atoms with Crippen molar-refractivity contribution in [3.05, 3.63) is 39.7 Å². The molecule has 0 spiro atoms. The zero-order chi connectivity index (χ0) is 14.7. The Morgan fingerprint density at radius 2 is 2.24 bits per heavy atom. The number of amides is 1. The van der Waals surface area contributed by atoms with Gasteiger partial charge in [-0.1, -0.05) is 6.92 Å². The third kappa shape index (κ3) is 4.12. The normalized spacial score (nSPS) is 21.2. The number of nitro benzene ring substituents is 1. The van der Waals surface area contributed by atoms with Gasteiger partial charge in [0.25, 0.3) is 11.6 Å². The summed E-state index contributed by atoms with van der Waals surface area (Å²) in [7, 11) is 0. The summed E-state index contributed by atoms with van der Waals surface area (Å²) in [6.07, 6.45) is 0.927. The van der Waals surface area contributed by atoms with Crippen LogP contribution in [0.25, 0.3) is 0 Å². The van der Waals surface area contributed by atoms with Crippen LogP contribution >= 0.6 is 12.4 Å². The van der Waals surface area contributed by atoms with Crippen LogP contribution in [0.3, 0.4) is 0 Å². The maximum Gasteiger partial charge on any atom is 0.285 e. The van der Waals surface area contributed by atoms with Crippen LogP contribution in [0.5, 0.6) is 0 Å². The molecule has 1 aliphatic heterocycles. The van der Waals surface area contributed by atoms with Gasteiger partial charge in [-0.3, -0.25) is 14.9 Å². The molecule has 21 heavy (non-hydrogen) atoms. The van der Waals surface area contributed by atoms with Crippen LogP contribution in [0.15, 0.2) is 18.2 Å². The second-order valence-electron chi connectivity index (χ2n) is 4.97. The van der Waals surface area contributed by atoms with E-state index in [-0.39, 0.29) is 24.0 Å². The number of rotatable bonds is 3. The summed E-state index contributed by atoms with van der Waals surface area (Å²) in [5, 5.41) is 16.8. The highest BCUT2D eigenvalue weighted by molar-refractivity contribution is 5.98. The fraction of sp³-hybridized carbons (Fsp3) is 0.462. The molecular formula is C13H17ClFN3O3. The molecule has 1 heterocycles. The van der Waals surface area contributed by atoms with Crippen molar-refractivity contribution in [2.75, 3.05) is 13.1 Å². The third-order valence-corrected chi connectivity index (χ3v) is 3.55. The van der Waals surface area contributed by atoms with Crippen LogP contribution in [-0.2, 0) is 0 Å². The van der Waals surface area contributed by atoms with Gasteiger partial charge in [0.1, 0.15) is 11.4 Å². The van der Waals surface area contributed by atoms with Gasteiger partial charge in [0, 0.05) is 12.6 Å². The van der Waals surface area contributed by atoms with E-state index in [1.165, 1.54) is 0 Å². The number of benzene rings is 1. The lowest BCUT2D eigenvalue weighted by Gasteiger charge is -2.30. The zero-order valence-electron chi connectivity index (χ0n) is 11.5. The van der Waals surface area contributed by atoms with Crippen LogP contribution in [0.4, 0.5) is 10.1 Å². The number of piperidine rings is 1. The van der Waals surface area contributed by atoms with Crippen molar-refractivity contribution in [3.8, 4) is 0 Å². The van der Waals surface area contributed by atoms with Gasteiger partial charge in [-0.05, 0) is 31.0 Å². The molecule has 1 saturated heterocycles. The minimum Gasteiger partial charge on any atom is -0.348 e. The molecule has 1 fully saturated rings. The van der Waals surface area contributed by atoms with E-state index in [2.05, 4.69) is 10.6 Å². The summed E-state index contributed by atoms with van der Waals surface area (Å²) >= 11 is 0. The summed E-state index contributed by atoms with van der Waals surface area (Å²) < 4.78 is 13.0. The van der Waals surface area contributed by atoms with Gasteiger partial charge in [-0.15, -0.1) is 12.4 Å². The number of carbonyl (C=O) groups excluding carboxylic acids is 1. The van der Waals surface area contributed by atoms with Crippen LogP contribution < -0.4 is 10.6 Å². The summed E-state index contributed by atoms with van der Waals surface area (Å²) in [5.41, 5.74) is -0.631. The number of halogens is 2. The Morgan fingerprint density at radius 1 is 1.52 bits per heavy atom. The number of hydrogen-bond donors (Lipinski definition) is 2. The molecule has 8 heteroatoms. The molecule has 0 bridgehead atoms. The Morgan fingerprint density at radius 3 is 2.86 bits per heavy atom. The lowest BCUT2D eigenvalue weighted by Crippen LogP contribution is -2.50. The highest BCUT2D eigenvalue weighted by atomic mass is 35.5. The first-order chi connectivity index (χ1) is 9.49. The van der Waals surface area contributed by atoms with E-state index >= 15 is 0 Å². The summed E-state index contributed by atoms with van der Waals surface area (Å²) in [6, 6.07) is 2.87. The second kappa shape index (κ2) is 7.33. The quantitative estimate of drug-likeness (QED) is 0.658. The summed E-state index contributed by atoms with van der Waals surface area (Å²) in [5.74, 6) is -0.988. The van der Waals surface area contributed by atoms with Crippen molar-refractivity contribution < 1.29 is 14.1 Å². The standard InChI is InChI=1S/C13H16FN3O3.ClH/c1-8-4-5-15-7-11(8)16-13(18)10-3-2-9(14)6-12(10)17(19)20;/h2-3,6,8,11,15H,4-5,7H2,1H3,(H,16,18);1H. The Balaban J connectivity index is 0.00000220. The third-order valence-electron chi connectivity index (χ3n) is 3.55. The van der Waals surface area contributed by atoms with E-state index in [0.717, 1.165) is 31.2 Å². The zero-order valence-corrected chi connectivity index (χ0v) is 12.3. The molecule has 1 amide bonds. The molecule has 0 radical (unpaired) electrons.